The molecule has 136 valence electrons. The second-order valence-corrected chi connectivity index (χ2v) is 8.70. The lowest BCUT2D eigenvalue weighted by Crippen LogP contribution is -2.41. The van der Waals surface area contributed by atoms with E-state index >= 15 is 0 Å². The number of hydrogen-bond donors (Lipinski definition) is 1. The molecule has 24 heavy (non-hydrogen) atoms. The predicted molar refractivity (Wildman–Crippen MR) is 103 cm³/mol. The fourth-order valence-corrected chi connectivity index (χ4v) is 3.91. The number of nitrogens with zero attached hydrogens (tertiary/aromatic N) is 1. The van der Waals surface area contributed by atoms with Crippen LogP contribution in [0.4, 0.5) is 5.69 Å². The first-order chi connectivity index (χ1) is 11.3. The summed E-state index contributed by atoms with van der Waals surface area (Å²) < 4.78 is 25.9. The van der Waals surface area contributed by atoms with Crippen LogP contribution in [0.25, 0.3) is 0 Å². The van der Waals surface area contributed by atoms with Gasteiger partial charge in [0.15, 0.2) is 0 Å². The van der Waals surface area contributed by atoms with E-state index in [1.54, 1.807) is 24.3 Å². The van der Waals surface area contributed by atoms with E-state index in [-0.39, 0.29) is 12.5 Å². The monoisotopic (exact) mass is 418 g/mol. The van der Waals surface area contributed by atoms with Crippen molar-refractivity contribution in [3.8, 4) is 0 Å². The molecule has 1 atom stereocenters. The van der Waals surface area contributed by atoms with Crippen molar-refractivity contribution in [2.75, 3.05) is 23.7 Å². The number of unbranched alkanes of at least 4 members (excludes halogenated alkanes) is 1. The third-order valence-electron chi connectivity index (χ3n) is 3.94. The van der Waals surface area contributed by atoms with E-state index in [2.05, 4.69) is 35.1 Å². The minimum absolute atomic E-state index is 0.217. The molecule has 1 N–H and O–H groups in total. The zero-order valence-corrected chi connectivity index (χ0v) is 17.0. The molecular weight excluding hydrogens is 392 g/mol. The summed E-state index contributed by atoms with van der Waals surface area (Å²) in [5.74, 6) is 0.148. The van der Waals surface area contributed by atoms with Crippen molar-refractivity contribution >= 4 is 37.5 Å². The molecule has 1 rings (SSSR count). The molecular formula is C17H27BrN2O3S. The Labute approximate surface area is 154 Å². The summed E-state index contributed by atoms with van der Waals surface area (Å²) in [5, 5.41) is 2.87. The van der Waals surface area contributed by atoms with Gasteiger partial charge in [0.1, 0.15) is 6.54 Å². The number of nitrogens with one attached hydrogen (secondary N) is 1. The van der Waals surface area contributed by atoms with Gasteiger partial charge in [0.05, 0.1) is 11.9 Å². The molecule has 1 aromatic rings. The molecule has 0 saturated carbocycles. The van der Waals surface area contributed by atoms with Crippen LogP contribution in [0.3, 0.4) is 0 Å². The molecule has 0 radical (unpaired) electrons. The smallest absolute Gasteiger partial charge is 0.240 e. The first-order valence-corrected chi connectivity index (χ1v) is 10.9. The number of hydrogen-bond acceptors (Lipinski definition) is 3. The molecule has 1 aromatic carbocycles. The average molecular weight is 419 g/mol. The summed E-state index contributed by atoms with van der Waals surface area (Å²) >= 11 is 3.34. The summed E-state index contributed by atoms with van der Waals surface area (Å²) in [6.45, 7) is 4.62. The molecule has 0 saturated heterocycles. The molecule has 7 heteroatoms. The summed E-state index contributed by atoms with van der Waals surface area (Å²) in [6, 6.07) is 6.97. The zero-order valence-electron chi connectivity index (χ0n) is 14.6. The van der Waals surface area contributed by atoms with Crippen molar-refractivity contribution in [2.45, 2.75) is 39.5 Å². The number of amides is 1. The van der Waals surface area contributed by atoms with Crippen LogP contribution in [0.15, 0.2) is 28.7 Å². The third kappa shape index (κ3) is 6.81. The van der Waals surface area contributed by atoms with Gasteiger partial charge in [0, 0.05) is 11.0 Å². The van der Waals surface area contributed by atoms with Crippen molar-refractivity contribution < 1.29 is 13.2 Å². The molecule has 0 aliphatic carbocycles. The Balaban J connectivity index is 2.75. The molecule has 0 aromatic heterocycles. The Morgan fingerprint density at radius 2 is 1.96 bits per heavy atom. The minimum atomic E-state index is -3.55. The van der Waals surface area contributed by atoms with Crippen LogP contribution >= 0.6 is 15.9 Å². The van der Waals surface area contributed by atoms with Gasteiger partial charge in [-0.1, -0.05) is 45.2 Å². The molecule has 0 aliphatic rings. The van der Waals surface area contributed by atoms with Gasteiger partial charge in [0.2, 0.25) is 15.9 Å². The fraction of sp³-hybridized carbons (Fsp3) is 0.588. The molecule has 0 bridgehead atoms. The number of anilines is 1. The second-order valence-electron chi connectivity index (χ2n) is 5.94. The van der Waals surface area contributed by atoms with Gasteiger partial charge in [0.25, 0.3) is 0 Å². The molecule has 0 aliphatic heterocycles. The van der Waals surface area contributed by atoms with Crippen LogP contribution in [-0.2, 0) is 14.8 Å². The first-order valence-electron chi connectivity index (χ1n) is 8.28. The van der Waals surface area contributed by atoms with Crippen molar-refractivity contribution in [3.05, 3.63) is 28.7 Å². The van der Waals surface area contributed by atoms with Gasteiger partial charge in [-0.2, -0.15) is 0 Å². The van der Waals surface area contributed by atoms with Crippen molar-refractivity contribution in [2.24, 2.45) is 5.92 Å². The van der Waals surface area contributed by atoms with Gasteiger partial charge in [-0.15, -0.1) is 0 Å². The lowest BCUT2D eigenvalue weighted by molar-refractivity contribution is -0.119. The number of para-hydroxylation sites is 1. The standard InChI is InChI=1S/C17H27BrN2O3S/c1-4-6-9-14(5-2)12-19-17(21)13-20(24(3,22)23)16-11-8-7-10-15(16)18/h7-8,10-11,14H,4-6,9,12-13H2,1-3H3,(H,19,21)/t14-/m0/s1. The van der Waals surface area contributed by atoms with E-state index in [1.807, 2.05) is 0 Å². The predicted octanol–water partition coefficient (Wildman–Crippen LogP) is 3.55. The quantitative estimate of drug-likeness (QED) is 0.631. The maximum absolute atomic E-state index is 12.2. The Kier molecular flexibility index (Phi) is 8.76. The highest BCUT2D eigenvalue weighted by Crippen LogP contribution is 2.27. The summed E-state index contributed by atoms with van der Waals surface area (Å²) in [6.07, 6.45) is 5.46. The molecule has 1 amide bonds. The van der Waals surface area contributed by atoms with Crippen LogP contribution in [0.2, 0.25) is 0 Å². The molecule has 0 unspecified atom stereocenters. The lowest BCUT2D eigenvalue weighted by Gasteiger charge is -2.23. The summed E-state index contributed by atoms with van der Waals surface area (Å²) in [7, 11) is -3.55. The molecule has 5 nitrogen and oxygen atoms in total. The zero-order chi connectivity index (χ0) is 18.2. The largest absolute Gasteiger partial charge is 0.354 e. The van der Waals surface area contributed by atoms with E-state index < -0.39 is 10.0 Å². The van der Waals surface area contributed by atoms with Crippen LogP contribution < -0.4 is 9.62 Å². The highest BCUT2D eigenvalue weighted by Gasteiger charge is 2.22. The van der Waals surface area contributed by atoms with Gasteiger partial charge >= 0.3 is 0 Å². The van der Waals surface area contributed by atoms with Crippen LogP contribution in [-0.4, -0.2) is 33.7 Å². The molecule has 0 heterocycles. The minimum Gasteiger partial charge on any atom is -0.354 e. The van der Waals surface area contributed by atoms with Gasteiger partial charge < -0.3 is 5.32 Å². The van der Waals surface area contributed by atoms with E-state index in [0.717, 1.165) is 36.2 Å². The maximum Gasteiger partial charge on any atom is 0.240 e. The lowest BCUT2D eigenvalue weighted by atomic mass is 9.99. The molecule has 0 fully saturated rings. The van der Waals surface area contributed by atoms with Crippen molar-refractivity contribution in [3.63, 3.8) is 0 Å². The number of carbonyl (C=O) groups excluding carboxylic acids is 1. The Morgan fingerprint density at radius 1 is 1.29 bits per heavy atom. The van der Waals surface area contributed by atoms with E-state index in [1.165, 1.54) is 0 Å². The number of rotatable bonds is 10. The fourth-order valence-electron chi connectivity index (χ4n) is 2.42. The highest BCUT2D eigenvalue weighted by molar-refractivity contribution is 9.10. The van der Waals surface area contributed by atoms with Crippen LogP contribution in [0, 0.1) is 5.92 Å². The van der Waals surface area contributed by atoms with E-state index in [9.17, 15) is 13.2 Å². The van der Waals surface area contributed by atoms with Gasteiger partial charge in [-0.3, -0.25) is 9.10 Å². The van der Waals surface area contributed by atoms with Crippen molar-refractivity contribution in [1.82, 2.24) is 5.32 Å². The van der Waals surface area contributed by atoms with Crippen molar-refractivity contribution in [1.29, 1.82) is 0 Å². The summed E-state index contributed by atoms with van der Waals surface area (Å²) in [5.41, 5.74) is 0.466. The third-order valence-corrected chi connectivity index (χ3v) is 5.74. The Bertz CT molecular complexity index is 634. The number of carbonyl (C=O) groups is 1. The SMILES string of the molecule is CCCC[C@H](CC)CNC(=O)CN(c1ccccc1Br)S(C)(=O)=O. The normalized spacial score (nSPS) is 12.7. The number of halogens is 1. The Morgan fingerprint density at radius 3 is 2.50 bits per heavy atom. The van der Waals surface area contributed by atoms with Crippen LogP contribution in [0.5, 0.6) is 0 Å². The van der Waals surface area contributed by atoms with Crippen LogP contribution in [0.1, 0.15) is 39.5 Å². The van der Waals surface area contributed by atoms with Gasteiger partial charge in [-0.25, -0.2) is 8.42 Å². The maximum atomic E-state index is 12.2. The topological polar surface area (TPSA) is 66.5 Å². The Hall–Kier alpha value is -1.08. The average Bonchev–Trinajstić information content (AvgIpc) is 2.52. The van der Waals surface area contributed by atoms with E-state index in [0.29, 0.717) is 22.6 Å². The summed E-state index contributed by atoms with van der Waals surface area (Å²) in [4.78, 5) is 12.2. The number of sulfonamides is 1. The first kappa shape index (κ1) is 21.0. The second kappa shape index (κ2) is 10.0. The highest BCUT2D eigenvalue weighted by atomic mass is 79.9. The molecule has 0 spiro atoms. The van der Waals surface area contributed by atoms with Gasteiger partial charge in [-0.05, 0) is 40.4 Å². The van der Waals surface area contributed by atoms with E-state index in [4.69, 9.17) is 0 Å². The number of benzene rings is 1.